The van der Waals surface area contributed by atoms with Gasteiger partial charge in [0.05, 0.1) is 20.4 Å². The normalized spacial score (nSPS) is 11.8. The van der Waals surface area contributed by atoms with Gasteiger partial charge in [0, 0.05) is 12.3 Å². The average molecular weight is 312 g/mol. The lowest BCUT2D eigenvalue weighted by Gasteiger charge is -1.96. The van der Waals surface area contributed by atoms with E-state index in [1.165, 1.54) is 36.5 Å². The van der Waals surface area contributed by atoms with Crippen LogP contribution < -0.4 is 0 Å². The van der Waals surface area contributed by atoms with Crippen molar-refractivity contribution >= 4 is 38.4 Å². The fourth-order valence-corrected chi connectivity index (χ4v) is 2.53. The van der Waals surface area contributed by atoms with E-state index in [0.29, 0.717) is 10.6 Å². The maximum atomic E-state index is 10.8. The van der Waals surface area contributed by atoms with Gasteiger partial charge in [0.2, 0.25) is 0 Å². The molecule has 0 aliphatic rings. The first-order valence-corrected chi connectivity index (χ1v) is 7.48. The maximum Gasteiger partial charge on any atom is 0.324 e. The van der Waals surface area contributed by atoms with Crippen LogP contribution in [0.3, 0.4) is 0 Å². The van der Waals surface area contributed by atoms with Gasteiger partial charge in [0.15, 0.2) is 0 Å². The molecule has 0 aliphatic heterocycles. The topological polar surface area (TPSA) is 110 Å². The highest BCUT2D eigenvalue weighted by Gasteiger charge is 2.09. The number of hydrogen-bond donors (Lipinski definition) is 1. The molecule has 1 heterocycles. The number of thiophene rings is 1. The molecule has 20 heavy (non-hydrogen) atoms. The van der Waals surface area contributed by atoms with Crippen LogP contribution in [0.4, 0.5) is 10.7 Å². The number of rotatable bonds is 4. The second kappa shape index (κ2) is 5.49. The monoisotopic (exact) mass is 312 g/mol. The summed E-state index contributed by atoms with van der Waals surface area (Å²) < 4.78 is 30.5. The van der Waals surface area contributed by atoms with Crippen molar-refractivity contribution in [1.29, 1.82) is 0 Å². The second-order valence-corrected chi connectivity index (χ2v) is 6.18. The van der Waals surface area contributed by atoms with E-state index >= 15 is 0 Å². The first-order valence-electron chi connectivity index (χ1n) is 5.22. The summed E-state index contributed by atoms with van der Waals surface area (Å²) in [6, 6.07) is 8.23. The molecule has 0 radical (unpaired) electrons. The van der Waals surface area contributed by atoms with Crippen molar-refractivity contribution in [1.82, 2.24) is 0 Å². The summed E-state index contributed by atoms with van der Waals surface area (Å²) in [4.78, 5) is 14.5. The molecular weight excluding hydrogens is 304 g/mol. The summed E-state index contributed by atoms with van der Waals surface area (Å²) in [6.07, 6.45) is 1.44. The van der Waals surface area contributed by atoms with Crippen molar-refractivity contribution in [2.24, 2.45) is 4.99 Å². The zero-order valence-corrected chi connectivity index (χ0v) is 11.5. The van der Waals surface area contributed by atoms with Crippen LogP contribution >= 0.6 is 11.3 Å². The Morgan fingerprint density at radius 3 is 2.35 bits per heavy atom. The standard InChI is InChI=1S/C11H8N2O5S2/c14-13(15)11-6-3-9(19-11)7-12-8-1-4-10(5-2-8)20(16,17)18/h1-7H,(H,16,17,18). The highest BCUT2D eigenvalue weighted by molar-refractivity contribution is 7.85. The van der Waals surface area contributed by atoms with Crippen molar-refractivity contribution in [2.75, 3.05) is 0 Å². The minimum absolute atomic E-state index is 0.0215. The third kappa shape index (κ3) is 3.47. The molecule has 0 spiro atoms. The van der Waals surface area contributed by atoms with E-state index in [9.17, 15) is 18.5 Å². The Bertz CT molecular complexity index is 762. The van der Waals surface area contributed by atoms with Crippen LogP contribution in [0.5, 0.6) is 0 Å². The molecule has 0 unspecified atom stereocenters. The van der Waals surface area contributed by atoms with Gasteiger partial charge in [-0.25, -0.2) is 0 Å². The maximum absolute atomic E-state index is 10.8. The third-order valence-corrected chi connectivity index (χ3v) is 4.11. The lowest BCUT2D eigenvalue weighted by atomic mass is 10.3. The van der Waals surface area contributed by atoms with Crippen LogP contribution in [0.2, 0.25) is 0 Å². The highest BCUT2D eigenvalue weighted by atomic mass is 32.2. The van der Waals surface area contributed by atoms with Crippen LogP contribution in [0.1, 0.15) is 4.88 Å². The van der Waals surface area contributed by atoms with E-state index in [0.717, 1.165) is 11.3 Å². The number of aliphatic imine (C=N–C) groups is 1. The molecule has 7 nitrogen and oxygen atoms in total. The van der Waals surface area contributed by atoms with E-state index in [4.69, 9.17) is 4.55 Å². The first-order chi connectivity index (χ1) is 9.36. The molecule has 0 bridgehead atoms. The van der Waals surface area contributed by atoms with Gasteiger partial charge in [0.25, 0.3) is 10.1 Å². The fourth-order valence-electron chi connectivity index (χ4n) is 1.35. The van der Waals surface area contributed by atoms with Crippen molar-refractivity contribution in [2.45, 2.75) is 4.90 Å². The lowest BCUT2D eigenvalue weighted by Crippen LogP contribution is -1.96. The highest BCUT2D eigenvalue weighted by Crippen LogP contribution is 2.23. The Morgan fingerprint density at radius 1 is 1.20 bits per heavy atom. The SMILES string of the molecule is O=[N+]([O-])c1ccc(C=Nc2ccc(S(=O)(=O)O)cc2)s1. The molecule has 2 rings (SSSR count). The predicted octanol–water partition coefficient (Wildman–Crippen LogP) is 2.65. The molecule has 0 fully saturated rings. The number of benzene rings is 1. The molecule has 9 heteroatoms. The second-order valence-electron chi connectivity index (χ2n) is 3.66. The number of hydrogen-bond acceptors (Lipinski definition) is 6. The Labute approximate surface area is 118 Å². The minimum Gasteiger partial charge on any atom is -0.282 e. The van der Waals surface area contributed by atoms with E-state index in [1.807, 2.05) is 0 Å². The molecule has 0 amide bonds. The van der Waals surface area contributed by atoms with Gasteiger partial charge >= 0.3 is 5.00 Å². The Balaban J connectivity index is 2.17. The smallest absolute Gasteiger partial charge is 0.282 e. The van der Waals surface area contributed by atoms with Crippen LogP contribution in [0.25, 0.3) is 0 Å². The summed E-state index contributed by atoms with van der Waals surface area (Å²) in [6.45, 7) is 0. The molecule has 1 aromatic carbocycles. The van der Waals surface area contributed by atoms with Gasteiger partial charge in [-0.2, -0.15) is 8.42 Å². The van der Waals surface area contributed by atoms with Gasteiger partial charge in [0.1, 0.15) is 0 Å². The average Bonchev–Trinajstić information content (AvgIpc) is 2.85. The molecule has 104 valence electrons. The van der Waals surface area contributed by atoms with Gasteiger partial charge in [-0.1, -0.05) is 11.3 Å². The van der Waals surface area contributed by atoms with Crippen molar-refractivity contribution in [3.63, 3.8) is 0 Å². The Hall–Kier alpha value is -2.10. The predicted molar refractivity (Wildman–Crippen MR) is 74.5 cm³/mol. The van der Waals surface area contributed by atoms with Crippen molar-refractivity contribution in [3.05, 3.63) is 51.4 Å². The number of nitro groups is 1. The van der Waals surface area contributed by atoms with Crippen LogP contribution in [0.15, 0.2) is 46.3 Å². The molecule has 2 aromatic rings. The summed E-state index contributed by atoms with van der Waals surface area (Å²) in [5, 5.41) is 10.5. The van der Waals surface area contributed by atoms with Gasteiger partial charge in [-0.15, -0.1) is 0 Å². The molecule has 0 saturated carbocycles. The summed E-state index contributed by atoms with van der Waals surface area (Å²) >= 11 is 0.983. The molecule has 0 aliphatic carbocycles. The zero-order valence-electron chi connectivity index (χ0n) is 9.83. The van der Waals surface area contributed by atoms with Gasteiger partial charge in [-0.3, -0.25) is 19.7 Å². The molecule has 0 atom stereocenters. The molecule has 1 aromatic heterocycles. The van der Waals surface area contributed by atoms with E-state index in [2.05, 4.69) is 4.99 Å². The quantitative estimate of drug-likeness (QED) is 0.404. The van der Waals surface area contributed by atoms with E-state index < -0.39 is 15.0 Å². The number of nitrogens with zero attached hydrogens (tertiary/aromatic N) is 2. The van der Waals surface area contributed by atoms with E-state index in [-0.39, 0.29) is 9.90 Å². The van der Waals surface area contributed by atoms with Gasteiger partial charge in [-0.05, 0) is 30.3 Å². The largest absolute Gasteiger partial charge is 0.324 e. The van der Waals surface area contributed by atoms with Crippen molar-refractivity contribution in [3.8, 4) is 0 Å². The fraction of sp³-hybridized carbons (Fsp3) is 0. The minimum atomic E-state index is -4.22. The van der Waals surface area contributed by atoms with E-state index in [1.54, 1.807) is 6.07 Å². The van der Waals surface area contributed by atoms with Crippen LogP contribution in [-0.4, -0.2) is 24.1 Å². The van der Waals surface area contributed by atoms with Crippen LogP contribution in [-0.2, 0) is 10.1 Å². The van der Waals surface area contributed by atoms with Gasteiger partial charge < -0.3 is 0 Å². The lowest BCUT2D eigenvalue weighted by molar-refractivity contribution is -0.380. The summed E-state index contributed by atoms with van der Waals surface area (Å²) in [7, 11) is -4.22. The molecule has 0 saturated heterocycles. The first kappa shape index (κ1) is 14.3. The molecule has 1 N–H and O–H groups in total. The molecular formula is C11H8N2O5S2. The zero-order chi connectivity index (χ0) is 14.8. The summed E-state index contributed by atoms with van der Waals surface area (Å²) in [5.41, 5.74) is 0.466. The summed E-state index contributed by atoms with van der Waals surface area (Å²) in [5.74, 6) is 0. The van der Waals surface area contributed by atoms with Crippen LogP contribution in [0, 0.1) is 10.1 Å². The Kier molecular flexibility index (Phi) is 3.93. The Morgan fingerprint density at radius 2 is 1.85 bits per heavy atom. The third-order valence-electron chi connectivity index (χ3n) is 2.27. The van der Waals surface area contributed by atoms with Crippen molar-refractivity contribution < 1.29 is 17.9 Å².